The molecule has 0 aromatic carbocycles. The predicted molar refractivity (Wildman–Crippen MR) is 43.6 cm³/mol. The molecule has 0 fully saturated rings. The molecule has 0 atom stereocenters. The van der Waals surface area contributed by atoms with Crippen LogP contribution in [0.3, 0.4) is 0 Å². The van der Waals surface area contributed by atoms with Crippen molar-refractivity contribution in [3.8, 4) is 0 Å². The molecule has 5 heteroatoms. The van der Waals surface area contributed by atoms with Crippen molar-refractivity contribution in [2.45, 2.75) is 4.90 Å². The van der Waals surface area contributed by atoms with Crippen molar-refractivity contribution in [3.63, 3.8) is 0 Å². The second-order valence-electron chi connectivity index (χ2n) is 1.43. The van der Waals surface area contributed by atoms with Gasteiger partial charge >= 0.3 is 29.6 Å². The molecular formula is C5H4ClFNNaS. The Bertz CT molecular complexity index is 213. The molecule has 1 aromatic rings. The number of halogens is 2. The summed E-state index contributed by atoms with van der Waals surface area (Å²) in [5.41, 5.74) is 0. The molecule has 50 valence electrons. The van der Waals surface area contributed by atoms with Crippen molar-refractivity contribution in [2.75, 3.05) is 0 Å². The van der Waals surface area contributed by atoms with Gasteiger partial charge in [-0.25, -0.2) is 9.37 Å². The van der Waals surface area contributed by atoms with E-state index in [4.69, 9.17) is 11.6 Å². The summed E-state index contributed by atoms with van der Waals surface area (Å²) in [6.07, 6.45) is 1.40. The Labute approximate surface area is 90.7 Å². The summed E-state index contributed by atoms with van der Waals surface area (Å²) < 4.78 is 12.5. The Morgan fingerprint density at radius 3 is 2.60 bits per heavy atom. The maximum absolute atomic E-state index is 12.5. The second-order valence-corrected chi connectivity index (χ2v) is 2.27. The van der Waals surface area contributed by atoms with Gasteiger partial charge in [0.05, 0.1) is 0 Å². The number of rotatable bonds is 0. The van der Waals surface area contributed by atoms with Gasteiger partial charge in [-0.1, -0.05) is 11.6 Å². The Morgan fingerprint density at radius 2 is 2.20 bits per heavy atom. The summed E-state index contributed by atoms with van der Waals surface area (Å²) in [6.45, 7) is 0. The summed E-state index contributed by atoms with van der Waals surface area (Å²) in [5, 5.41) is -0.137. The molecule has 1 rings (SSSR count). The zero-order valence-corrected chi connectivity index (χ0v) is 5.96. The SMILES string of the molecule is Fc1c(S)ccnc1Cl.[NaH]. The monoisotopic (exact) mass is 187 g/mol. The quantitative estimate of drug-likeness (QED) is 0.369. The van der Waals surface area contributed by atoms with E-state index in [9.17, 15) is 4.39 Å². The molecule has 1 aromatic heterocycles. The van der Waals surface area contributed by atoms with Crippen LogP contribution in [0.4, 0.5) is 4.39 Å². The zero-order chi connectivity index (χ0) is 6.85. The molecule has 0 spiro atoms. The van der Waals surface area contributed by atoms with E-state index in [1.165, 1.54) is 12.3 Å². The first-order valence-corrected chi connectivity index (χ1v) is 3.03. The Morgan fingerprint density at radius 1 is 1.60 bits per heavy atom. The van der Waals surface area contributed by atoms with Gasteiger partial charge in [0.2, 0.25) is 0 Å². The van der Waals surface area contributed by atoms with Gasteiger partial charge in [-0.2, -0.15) is 0 Å². The van der Waals surface area contributed by atoms with Crippen LogP contribution in [0.15, 0.2) is 17.2 Å². The molecule has 0 aliphatic heterocycles. The molecule has 0 unspecified atom stereocenters. The molecule has 0 saturated heterocycles. The van der Waals surface area contributed by atoms with Gasteiger partial charge < -0.3 is 0 Å². The predicted octanol–water partition coefficient (Wildman–Crippen LogP) is 1.51. The fourth-order valence-corrected chi connectivity index (χ4v) is 0.805. The van der Waals surface area contributed by atoms with Crippen molar-refractivity contribution in [1.29, 1.82) is 0 Å². The number of hydrogen-bond donors (Lipinski definition) is 1. The Balaban J connectivity index is 0.000000810. The zero-order valence-electron chi connectivity index (χ0n) is 4.31. The van der Waals surface area contributed by atoms with Gasteiger partial charge in [-0.3, -0.25) is 0 Å². The van der Waals surface area contributed by atoms with E-state index in [1.54, 1.807) is 0 Å². The summed E-state index contributed by atoms with van der Waals surface area (Å²) in [5.74, 6) is -0.567. The van der Waals surface area contributed by atoms with Crippen LogP contribution < -0.4 is 0 Å². The molecule has 0 aliphatic carbocycles. The number of hydrogen-bond acceptors (Lipinski definition) is 2. The van der Waals surface area contributed by atoms with Crippen LogP contribution in [0.25, 0.3) is 0 Å². The summed E-state index contributed by atoms with van der Waals surface area (Å²) >= 11 is 9.05. The first-order chi connectivity index (χ1) is 4.22. The maximum atomic E-state index is 12.5. The summed E-state index contributed by atoms with van der Waals surface area (Å²) in [4.78, 5) is 3.70. The summed E-state index contributed by atoms with van der Waals surface area (Å²) in [6, 6.07) is 1.43. The van der Waals surface area contributed by atoms with Crippen LogP contribution in [-0.4, -0.2) is 34.5 Å². The average Bonchev–Trinajstić information content (AvgIpc) is 1.83. The Kier molecular flexibility index (Phi) is 4.90. The van der Waals surface area contributed by atoms with E-state index in [-0.39, 0.29) is 39.6 Å². The van der Waals surface area contributed by atoms with Gasteiger partial charge in [-0.15, -0.1) is 12.6 Å². The molecular weight excluding hydrogens is 184 g/mol. The van der Waals surface area contributed by atoms with E-state index in [0.29, 0.717) is 0 Å². The third kappa shape index (κ3) is 2.40. The fourth-order valence-electron chi connectivity index (χ4n) is 0.409. The van der Waals surface area contributed by atoms with Gasteiger partial charge in [0, 0.05) is 11.1 Å². The normalized spacial score (nSPS) is 8.70. The van der Waals surface area contributed by atoms with Crippen molar-refractivity contribution >= 4 is 53.8 Å². The van der Waals surface area contributed by atoms with Gasteiger partial charge in [-0.05, 0) is 6.07 Å². The standard InChI is InChI=1S/C5H3ClFNS.Na.H/c6-5-4(7)3(9)1-2-8-5;;/h1-2H,(H,8,9);;. The van der Waals surface area contributed by atoms with E-state index in [1.807, 2.05) is 0 Å². The first kappa shape index (κ1) is 10.7. The van der Waals surface area contributed by atoms with E-state index in [2.05, 4.69) is 17.6 Å². The number of aromatic nitrogens is 1. The topological polar surface area (TPSA) is 12.9 Å². The first-order valence-electron chi connectivity index (χ1n) is 2.21. The fraction of sp³-hybridized carbons (Fsp3) is 0. The van der Waals surface area contributed by atoms with Crippen LogP contribution in [0.5, 0.6) is 0 Å². The third-order valence-corrected chi connectivity index (χ3v) is 1.44. The van der Waals surface area contributed by atoms with E-state index < -0.39 is 5.82 Å². The van der Waals surface area contributed by atoms with Gasteiger partial charge in [0.15, 0.2) is 11.0 Å². The molecule has 0 radical (unpaired) electrons. The molecule has 1 heterocycles. The minimum atomic E-state index is -0.567. The van der Waals surface area contributed by atoms with Crippen LogP contribution >= 0.6 is 24.2 Å². The van der Waals surface area contributed by atoms with E-state index in [0.717, 1.165) is 0 Å². The molecule has 0 aliphatic rings. The average molecular weight is 188 g/mol. The second kappa shape index (κ2) is 4.57. The van der Waals surface area contributed by atoms with Crippen LogP contribution in [0.1, 0.15) is 0 Å². The van der Waals surface area contributed by atoms with Crippen molar-refractivity contribution in [3.05, 3.63) is 23.2 Å². The number of pyridine rings is 1. The molecule has 0 N–H and O–H groups in total. The molecule has 10 heavy (non-hydrogen) atoms. The van der Waals surface area contributed by atoms with Gasteiger partial charge in [0.1, 0.15) is 0 Å². The number of nitrogens with zero attached hydrogens (tertiary/aromatic N) is 1. The van der Waals surface area contributed by atoms with E-state index >= 15 is 0 Å². The van der Waals surface area contributed by atoms with Gasteiger partial charge in [0.25, 0.3) is 0 Å². The van der Waals surface area contributed by atoms with Crippen LogP contribution in [-0.2, 0) is 0 Å². The summed E-state index contributed by atoms with van der Waals surface area (Å²) in [7, 11) is 0. The Hall–Kier alpha value is 0.720. The van der Waals surface area contributed by atoms with Crippen molar-refractivity contribution < 1.29 is 4.39 Å². The third-order valence-electron chi connectivity index (χ3n) is 0.826. The van der Waals surface area contributed by atoms with Crippen molar-refractivity contribution in [1.82, 2.24) is 4.98 Å². The molecule has 1 nitrogen and oxygen atoms in total. The van der Waals surface area contributed by atoms with Crippen molar-refractivity contribution in [2.24, 2.45) is 0 Å². The van der Waals surface area contributed by atoms with Crippen LogP contribution in [0.2, 0.25) is 5.15 Å². The molecule has 0 bridgehead atoms. The molecule has 0 saturated carbocycles. The molecule has 0 amide bonds. The minimum absolute atomic E-state index is 0. The van der Waals surface area contributed by atoms with Crippen LogP contribution in [0, 0.1) is 5.82 Å². The number of thiol groups is 1.